The summed E-state index contributed by atoms with van der Waals surface area (Å²) in [5.74, 6) is 0.987. The fourth-order valence-corrected chi connectivity index (χ4v) is 2.91. The first kappa shape index (κ1) is 19.8. The van der Waals surface area contributed by atoms with Crippen LogP contribution in [0, 0.1) is 0 Å². The van der Waals surface area contributed by atoms with Crippen LogP contribution in [0.1, 0.15) is 26.7 Å². The predicted molar refractivity (Wildman–Crippen MR) is 117 cm³/mol. The minimum atomic E-state index is 0.169. The van der Waals surface area contributed by atoms with Crippen molar-refractivity contribution in [3.05, 3.63) is 60.5 Å². The predicted octanol–water partition coefficient (Wildman–Crippen LogP) is 5.09. The Hall–Kier alpha value is -2.93. The van der Waals surface area contributed by atoms with E-state index in [1.165, 1.54) is 0 Å². The summed E-state index contributed by atoms with van der Waals surface area (Å²) in [5, 5.41) is 3.36. The van der Waals surface area contributed by atoms with Gasteiger partial charge in [-0.15, -0.1) is 0 Å². The maximum absolute atomic E-state index is 5.71. The number of rotatable bonds is 4. The quantitative estimate of drug-likeness (QED) is 0.367. The van der Waals surface area contributed by atoms with Crippen molar-refractivity contribution in [1.29, 1.82) is 0 Å². The number of thiol groups is 1. The Kier molecular flexibility index (Phi) is 6.97. The molecule has 7 heteroatoms. The third-order valence-electron chi connectivity index (χ3n) is 3.92. The molecular weight excluding hydrogens is 370 g/mol. The van der Waals surface area contributed by atoms with Crippen molar-refractivity contribution in [2.24, 2.45) is 4.99 Å². The molecule has 3 aromatic rings. The first-order valence-corrected chi connectivity index (χ1v) is 9.84. The molecule has 0 radical (unpaired) electrons. The molecule has 3 aromatic heterocycles. The van der Waals surface area contributed by atoms with Gasteiger partial charge in [0, 0.05) is 17.1 Å². The van der Waals surface area contributed by atoms with E-state index in [9.17, 15) is 0 Å². The summed E-state index contributed by atoms with van der Waals surface area (Å²) in [5.41, 5.74) is 2.83. The van der Waals surface area contributed by atoms with Crippen LogP contribution in [0.5, 0.6) is 0 Å². The maximum Gasteiger partial charge on any atom is 0.247 e. The third-order valence-corrected chi connectivity index (χ3v) is 4.46. The van der Waals surface area contributed by atoms with E-state index in [1.54, 1.807) is 12.5 Å². The number of allylic oxidation sites excluding steroid dienone is 3. The highest BCUT2D eigenvalue weighted by Gasteiger charge is 2.11. The van der Waals surface area contributed by atoms with Crippen LogP contribution in [0.15, 0.2) is 69.9 Å². The zero-order valence-corrected chi connectivity index (χ0v) is 16.8. The lowest BCUT2D eigenvalue weighted by Gasteiger charge is -2.12. The molecule has 1 unspecified atom stereocenters. The second-order valence-electron chi connectivity index (χ2n) is 5.77. The first-order valence-electron chi connectivity index (χ1n) is 9.32. The van der Waals surface area contributed by atoms with E-state index in [2.05, 4.69) is 44.0 Å². The highest BCUT2D eigenvalue weighted by molar-refractivity contribution is 7.81. The number of hydrogen-bond acceptors (Lipinski definition) is 6. The van der Waals surface area contributed by atoms with Crippen LogP contribution in [0.25, 0.3) is 22.8 Å². The van der Waals surface area contributed by atoms with E-state index in [0.29, 0.717) is 28.6 Å². The summed E-state index contributed by atoms with van der Waals surface area (Å²) in [7, 11) is 0. The van der Waals surface area contributed by atoms with Gasteiger partial charge in [0.1, 0.15) is 5.69 Å². The third kappa shape index (κ3) is 4.86. The number of oxazole rings is 1. The lowest BCUT2D eigenvalue weighted by atomic mass is 10.2. The van der Waals surface area contributed by atoms with Crippen LogP contribution < -0.4 is 5.32 Å². The van der Waals surface area contributed by atoms with Gasteiger partial charge in [0.15, 0.2) is 17.0 Å². The lowest BCUT2D eigenvalue weighted by Crippen LogP contribution is -2.18. The molecule has 0 aliphatic heterocycles. The Labute approximate surface area is 169 Å². The van der Waals surface area contributed by atoms with E-state index in [0.717, 1.165) is 18.5 Å². The highest BCUT2D eigenvalue weighted by Crippen LogP contribution is 2.23. The van der Waals surface area contributed by atoms with Gasteiger partial charge in [0.2, 0.25) is 5.89 Å². The van der Waals surface area contributed by atoms with Gasteiger partial charge in [-0.25, -0.2) is 15.0 Å². The van der Waals surface area contributed by atoms with Crippen LogP contribution in [0.3, 0.4) is 0 Å². The number of fused-ring (bicyclic) bond motifs is 1. The molecule has 28 heavy (non-hydrogen) atoms. The number of pyridine rings is 2. The van der Waals surface area contributed by atoms with E-state index in [-0.39, 0.29) is 5.25 Å². The molecule has 0 spiro atoms. The fraction of sp³-hybridized carbons (Fsp3) is 0.238. The molecule has 0 bridgehead atoms. The lowest BCUT2D eigenvalue weighted by molar-refractivity contribution is 0.616. The van der Waals surface area contributed by atoms with Crippen molar-refractivity contribution in [2.45, 2.75) is 31.9 Å². The monoisotopic (exact) mass is 393 g/mol. The van der Waals surface area contributed by atoms with Gasteiger partial charge in [-0.05, 0) is 43.2 Å². The molecule has 0 aromatic carbocycles. The zero-order valence-electron chi connectivity index (χ0n) is 15.9. The Morgan fingerprint density at radius 3 is 2.96 bits per heavy atom. The second kappa shape index (κ2) is 9.85. The van der Waals surface area contributed by atoms with Crippen LogP contribution in [-0.2, 0) is 0 Å². The van der Waals surface area contributed by atoms with E-state index in [4.69, 9.17) is 4.42 Å². The molecule has 0 amide bonds. The summed E-state index contributed by atoms with van der Waals surface area (Å²) in [4.78, 5) is 17.4. The fourth-order valence-electron chi connectivity index (χ4n) is 2.60. The van der Waals surface area contributed by atoms with E-state index < -0.39 is 0 Å². The van der Waals surface area contributed by atoms with Gasteiger partial charge in [0.05, 0.1) is 6.34 Å². The number of nitrogens with one attached hydrogen (secondary N) is 1. The van der Waals surface area contributed by atoms with Crippen LogP contribution in [-0.4, -0.2) is 26.5 Å². The molecule has 3 heterocycles. The number of hydrogen-bond donors (Lipinski definition) is 2. The molecule has 6 nitrogen and oxygen atoms in total. The average molecular weight is 394 g/mol. The molecule has 1 atom stereocenters. The Morgan fingerprint density at radius 2 is 2.11 bits per heavy atom. The molecule has 144 valence electrons. The normalized spacial score (nSPS) is 16.4. The molecule has 4 rings (SSSR count). The summed E-state index contributed by atoms with van der Waals surface area (Å²) in [6.07, 6.45) is 11.5. The van der Waals surface area contributed by atoms with E-state index >= 15 is 0 Å². The first-order chi connectivity index (χ1) is 13.8. The molecule has 1 aliphatic carbocycles. The van der Waals surface area contributed by atoms with Crippen LogP contribution >= 0.6 is 12.6 Å². The summed E-state index contributed by atoms with van der Waals surface area (Å²) >= 11 is 4.60. The summed E-state index contributed by atoms with van der Waals surface area (Å²) in [6.45, 7) is 4.00. The van der Waals surface area contributed by atoms with Gasteiger partial charge < -0.3 is 9.73 Å². The Morgan fingerprint density at radius 1 is 1.21 bits per heavy atom. The summed E-state index contributed by atoms with van der Waals surface area (Å²) < 4.78 is 5.71. The summed E-state index contributed by atoms with van der Waals surface area (Å²) in [6, 6.07) is 9.16. The van der Waals surface area contributed by atoms with E-state index in [1.807, 2.05) is 56.3 Å². The van der Waals surface area contributed by atoms with Crippen LogP contribution in [0.4, 0.5) is 5.82 Å². The number of aromatic nitrogens is 3. The Bertz CT molecular complexity index is 976. The molecule has 1 aliphatic rings. The number of nitrogens with zero attached hydrogens (tertiary/aromatic N) is 4. The van der Waals surface area contributed by atoms with Crippen molar-refractivity contribution in [3.63, 3.8) is 0 Å². The zero-order chi connectivity index (χ0) is 19.8. The van der Waals surface area contributed by atoms with Crippen molar-refractivity contribution in [2.75, 3.05) is 0 Å². The maximum atomic E-state index is 5.71. The highest BCUT2D eigenvalue weighted by atomic mass is 32.1. The molecule has 1 N–H and O–H groups in total. The SMILES string of the molecule is CC.SC1CCC=CC=C1N/C=N\c1cccc(-c2nc3ncccc3o2)n1. The van der Waals surface area contributed by atoms with Gasteiger partial charge in [-0.3, -0.25) is 0 Å². The van der Waals surface area contributed by atoms with Gasteiger partial charge in [-0.1, -0.05) is 32.1 Å². The molecule has 0 fully saturated rings. The smallest absolute Gasteiger partial charge is 0.247 e. The number of aliphatic imine (C=N–C) groups is 1. The topological polar surface area (TPSA) is 76.2 Å². The average Bonchev–Trinajstić information content (AvgIpc) is 3.08. The van der Waals surface area contributed by atoms with Crippen molar-refractivity contribution >= 4 is 36.0 Å². The van der Waals surface area contributed by atoms with Crippen molar-refractivity contribution < 1.29 is 4.42 Å². The standard InChI is InChI=1S/C19H17N5OS.C2H6/c26-16-9-3-1-2-6-13(16)21-12-22-17-10-4-7-14(23-17)19-24-18-15(25-19)8-5-11-20-18;1-2/h1-2,4-8,10-12,16,26H,3,9H2,(H,21,22,23);1-2H3. The molecule has 0 saturated carbocycles. The van der Waals surface area contributed by atoms with Gasteiger partial charge >= 0.3 is 0 Å². The van der Waals surface area contributed by atoms with Gasteiger partial charge in [-0.2, -0.15) is 17.6 Å². The minimum Gasteiger partial charge on any atom is -0.433 e. The van der Waals surface area contributed by atoms with Crippen molar-refractivity contribution in [1.82, 2.24) is 20.3 Å². The minimum absolute atomic E-state index is 0.169. The molecule has 0 saturated heterocycles. The van der Waals surface area contributed by atoms with Gasteiger partial charge in [0.25, 0.3) is 0 Å². The molecular formula is C21H23N5OS. The second-order valence-corrected chi connectivity index (χ2v) is 6.39. The largest absolute Gasteiger partial charge is 0.433 e. The van der Waals surface area contributed by atoms with Crippen LogP contribution in [0.2, 0.25) is 0 Å². The Balaban J connectivity index is 0.00000109. The van der Waals surface area contributed by atoms with Crippen molar-refractivity contribution in [3.8, 4) is 11.6 Å².